The number of amides is 2. The third-order valence-electron chi connectivity index (χ3n) is 3.75. The Morgan fingerprint density at radius 1 is 1.43 bits per heavy atom. The Hall–Kier alpha value is -1.63. The number of aromatic nitrogens is 1. The number of nitrogens with two attached hydrogens (primary N) is 1. The molecule has 2 unspecified atom stereocenters. The fourth-order valence-electron chi connectivity index (χ4n) is 2.54. The zero-order valence-electron chi connectivity index (χ0n) is 12.8. The average Bonchev–Trinajstić information content (AvgIpc) is 2.67. The van der Waals surface area contributed by atoms with Gasteiger partial charge in [-0.25, -0.2) is 9.78 Å². The summed E-state index contributed by atoms with van der Waals surface area (Å²) in [6.45, 7) is 6.12. The van der Waals surface area contributed by atoms with E-state index in [2.05, 4.69) is 27.5 Å². The second kappa shape index (κ2) is 6.89. The van der Waals surface area contributed by atoms with Gasteiger partial charge in [0.15, 0.2) is 0 Å². The molecule has 0 bridgehead atoms. The lowest BCUT2D eigenvalue weighted by atomic mass is 9.87. The second-order valence-corrected chi connectivity index (χ2v) is 6.88. The number of rotatable bonds is 2. The molecule has 1 fully saturated rings. The Bertz CT molecular complexity index is 520. The maximum atomic E-state index is 11.9. The van der Waals surface area contributed by atoms with Crippen molar-refractivity contribution in [1.82, 2.24) is 15.6 Å². The van der Waals surface area contributed by atoms with Crippen molar-refractivity contribution >= 4 is 28.5 Å². The molecule has 1 heterocycles. The lowest BCUT2D eigenvalue weighted by Crippen LogP contribution is -2.48. The molecule has 0 aliphatic heterocycles. The van der Waals surface area contributed by atoms with Crippen molar-refractivity contribution in [3.8, 4) is 0 Å². The molecular formula is C14H23N5OS. The molecule has 2 amide bonds. The molecule has 1 aromatic rings. The van der Waals surface area contributed by atoms with Crippen LogP contribution < -0.4 is 16.4 Å². The molecule has 0 spiro atoms. The van der Waals surface area contributed by atoms with Crippen LogP contribution in [0.3, 0.4) is 0 Å². The minimum absolute atomic E-state index is 0.0742. The van der Waals surface area contributed by atoms with E-state index in [1.54, 1.807) is 0 Å². The standard InChI is InChI=1S/C14H23N5OS/c1-8-5-4-6-11(7-8)17-13(20)18-12(15)19-14-16-9(2)10(3)21-14/h8,11H,4-7H2,1-3H3,(H4,15,16,17,18,19,20). The molecule has 6 nitrogen and oxygen atoms in total. The van der Waals surface area contributed by atoms with E-state index in [1.165, 1.54) is 17.8 Å². The third-order valence-corrected chi connectivity index (χ3v) is 4.71. The summed E-state index contributed by atoms with van der Waals surface area (Å²) in [6, 6.07) is -0.0637. The molecule has 1 aliphatic carbocycles. The second-order valence-electron chi connectivity index (χ2n) is 5.70. The van der Waals surface area contributed by atoms with Gasteiger partial charge in [-0.15, -0.1) is 0 Å². The quantitative estimate of drug-likeness (QED) is 0.579. The van der Waals surface area contributed by atoms with Crippen molar-refractivity contribution in [1.29, 1.82) is 0 Å². The first kappa shape index (κ1) is 15.8. The van der Waals surface area contributed by atoms with Gasteiger partial charge in [0.25, 0.3) is 0 Å². The molecule has 2 atom stereocenters. The molecule has 1 aromatic heterocycles. The number of aliphatic imine (C=N–C) groups is 1. The average molecular weight is 309 g/mol. The Balaban J connectivity index is 1.86. The van der Waals surface area contributed by atoms with Crippen LogP contribution in [0.25, 0.3) is 0 Å². The highest BCUT2D eigenvalue weighted by Crippen LogP contribution is 2.24. The normalized spacial score (nSPS) is 22.9. The predicted octanol–water partition coefficient (Wildman–Crippen LogP) is 2.58. The molecule has 0 radical (unpaired) electrons. The summed E-state index contributed by atoms with van der Waals surface area (Å²) < 4.78 is 0. The SMILES string of the molecule is Cc1nc(N=C(N)NC(=O)NC2CCCC(C)C2)sc1C. The highest BCUT2D eigenvalue weighted by atomic mass is 32.1. The van der Waals surface area contributed by atoms with Crippen molar-refractivity contribution in [2.75, 3.05) is 0 Å². The van der Waals surface area contributed by atoms with Crippen LogP contribution >= 0.6 is 11.3 Å². The van der Waals surface area contributed by atoms with Gasteiger partial charge in [-0.3, -0.25) is 5.32 Å². The zero-order valence-corrected chi connectivity index (χ0v) is 13.6. The van der Waals surface area contributed by atoms with Crippen LogP contribution in [0.2, 0.25) is 0 Å². The Morgan fingerprint density at radius 2 is 2.19 bits per heavy atom. The molecule has 116 valence electrons. The van der Waals surface area contributed by atoms with Gasteiger partial charge in [-0.1, -0.05) is 31.1 Å². The number of guanidine groups is 1. The number of carbonyl (C=O) groups is 1. The summed E-state index contributed by atoms with van der Waals surface area (Å²) in [6.07, 6.45) is 4.45. The van der Waals surface area contributed by atoms with E-state index in [9.17, 15) is 4.79 Å². The largest absolute Gasteiger partial charge is 0.369 e. The van der Waals surface area contributed by atoms with E-state index in [1.807, 2.05) is 13.8 Å². The Kier molecular flexibility index (Phi) is 5.17. The Labute approximate surface area is 129 Å². The maximum absolute atomic E-state index is 11.9. The highest BCUT2D eigenvalue weighted by molar-refractivity contribution is 7.15. The first-order valence-corrected chi connectivity index (χ1v) is 8.11. The van der Waals surface area contributed by atoms with Crippen LogP contribution in [0.1, 0.15) is 43.2 Å². The number of aryl methyl sites for hydroxylation is 2. The number of nitrogens with zero attached hydrogens (tertiary/aromatic N) is 2. The van der Waals surface area contributed by atoms with Gasteiger partial charge in [0.1, 0.15) is 0 Å². The fourth-order valence-corrected chi connectivity index (χ4v) is 3.33. The Morgan fingerprint density at radius 3 is 2.81 bits per heavy atom. The van der Waals surface area contributed by atoms with E-state index >= 15 is 0 Å². The molecule has 0 aromatic carbocycles. The van der Waals surface area contributed by atoms with E-state index in [-0.39, 0.29) is 18.0 Å². The number of nitrogens with one attached hydrogen (secondary N) is 2. The number of thiazole rings is 1. The predicted molar refractivity (Wildman–Crippen MR) is 86.0 cm³/mol. The highest BCUT2D eigenvalue weighted by Gasteiger charge is 2.20. The van der Waals surface area contributed by atoms with Crippen molar-refractivity contribution < 1.29 is 4.79 Å². The van der Waals surface area contributed by atoms with Crippen molar-refractivity contribution in [3.63, 3.8) is 0 Å². The van der Waals surface area contributed by atoms with Gasteiger partial charge in [-0.2, -0.15) is 4.99 Å². The molecule has 0 saturated heterocycles. The van der Waals surface area contributed by atoms with E-state index < -0.39 is 0 Å². The first-order valence-electron chi connectivity index (χ1n) is 7.29. The molecule has 21 heavy (non-hydrogen) atoms. The minimum Gasteiger partial charge on any atom is -0.369 e. The lowest BCUT2D eigenvalue weighted by Gasteiger charge is -2.27. The topological polar surface area (TPSA) is 92.4 Å². The van der Waals surface area contributed by atoms with Gasteiger partial charge in [0, 0.05) is 10.9 Å². The smallest absolute Gasteiger partial charge is 0.321 e. The zero-order chi connectivity index (χ0) is 15.4. The summed E-state index contributed by atoms with van der Waals surface area (Å²) in [4.78, 5) is 21.4. The third kappa shape index (κ3) is 4.70. The molecule has 1 aliphatic rings. The van der Waals surface area contributed by atoms with Gasteiger partial charge in [-0.05, 0) is 32.6 Å². The monoisotopic (exact) mass is 309 g/mol. The van der Waals surface area contributed by atoms with E-state index in [4.69, 9.17) is 5.73 Å². The molecule has 2 rings (SSSR count). The summed E-state index contributed by atoms with van der Waals surface area (Å²) >= 11 is 1.46. The molecule has 4 N–H and O–H groups in total. The van der Waals surface area contributed by atoms with Crippen LogP contribution in [0, 0.1) is 19.8 Å². The minimum atomic E-state index is -0.291. The van der Waals surface area contributed by atoms with Crippen molar-refractivity contribution in [3.05, 3.63) is 10.6 Å². The molecule has 1 saturated carbocycles. The van der Waals surface area contributed by atoms with Gasteiger partial charge < -0.3 is 11.1 Å². The van der Waals surface area contributed by atoms with Crippen LogP contribution in [0.4, 0.5) is 9.93 Å². The summed E-state index contributed by atoms with van der Waals surface area (Å²) in [5.41, 5.74) is 6.68. The van der Waals surface area contributed by atoms with E-state index in [0.717, 1.165) is 29.8 Å². The van der Waals surface area contributed by atoms with Crippen LogP contribution in [-0.4, -0.2) is 23.0 Å². The summed E-state index contributed by atoms with van der Waals surface area (Å²) in [5.74, 6) is 0.737. The number of urea groups is 1. The van der Waals surface area contributed by atoms with Crippen molar-refractivity contribution in [2.24, 2.45) is 16.6 Å². The lowest BCUT2D eigenvalue weighted by molar-refractivity contribution is 0.231. The van der Waals surface area contributed by atoms with Gasteiger partial charge >= 0.3 is 6.03 Å². The van der Waals surface area contributed by atoms with Crippen LogP contribution in [-0.2, 0) is 0 Å². The van der Waals surface area contributed by atoms with Crippen molar-refractivity contribution in [2.45, 2.75) is 52.5 Å². The fraction of sp³-hybridized carbons (Fsp3) is 0.643. The number of hydrogen-bond donors (Lipinski definition) is 3. The summed E-state index contributed by atoms with van der Waals surface area (Å²) in [5, 5.41) is 6.08. The number of hydrogen-bond acceptors (Lipinski definition) is 4. The first-order chi connectivity index (χ1) is 9.94. The maximum Gasteiger partial charge on any atom is 0.321 e. The van der Waals surface area contributed by atoms with Gasteiger partial charge in [0.2, 0.25) is 11.1 Å². The van der Waals surface area contributed by atoms with E-state index in [0.29, 0.717) is 11.0 Å². The molecular weight excluding hydrogens is 286 g/mol. The van der Waals surface area contributed by atoms with Gasteiger partial charge in [0.05, 0.1) is 5.69 Å². The van der Waals surface area contributed by atoms with Crippen LogP contribution in [0.15, 0.2) is 4.99 Å². The number of carbonyl (C=O) groups excluding carboxylic acids is 1. The summed E-state index contributed by atoms with van der Waals surface area (Å²) in [7, 11) is 0. The van der Waals surface area contributed by atoms with Crippen LogP contribution in [0.5, 0.6) is 0 Å². The molecule has 7 heteroatoms.